The highest BCUT2D eigenvalue weighted by Crippen LogP contribution is 2.30. The first-order valence-electron chi connectivity index (χ1n) is 10.3. The monoisotopic (exact) mass is 416 g/mol. The third kappa shape index (κ3) is 5.37. The topological polar surface area (TPSA) is 102 Å². The Bertz CT molecular complexity index is 858. The molecule has 162 valence electrons. The number of carbonyl (C=O) groups excluding carboxylic acids is 4. The van der Waals surface area contributed by atoms with E-state index in [0.717, 1.165) is 5.56 Å². The number of carbonyl (C=O) groups is 4. The summed E-state index contributed by atoms with van der Waals surface area (Å²) in [6, 6.07) is 4.63. The van der Waals surface area contributed by atoms with Crippen LogP contribution >= 0.6 is 0 Å². The smallest absolute Gasteiger partial charge is 0.306 e. The van der Waals surface area contributed by atoms with E-state index in [1.165, 1.54) is 4.90 Å². The molecule has 1 aromatic carbocycles. The third-order valence-corrected chi connectivity index (χ3v) is 4.96. The standard InChI is InChI=1S/C22H28N2O6/c1-22(2,3)30-19(26)6-4-5-11-29-15-7-8-16-14(12-15)13-24(21(16)28)17-9-10-18(25)23-20(17)27/h7-8,12,17H,4-6,9-11,13H2,1-3H3,(H,23,25,27). The molecule has 8 heteroatoms. The Morgan fingerprint density at radius 3 is 2.67 bits per heavy atom. The molecule has 2 heterocycles. The number of rotatable bonds is 7. The first kappa shape index (κ1) is 21.8. The van der Waals surface area contributed by atoms with Crippen molar-refractivity contribution in [1.82, 2.24) is 10.2 Å². The summed E-state index contributed by atoms with van der Waals surface area (Å²) in [6.07, 6.45) is 2.29. The molecule has 0 spiro atoms. The third-order valence-electron chi connectivity index (χ3n) is 4.96. The lowest BCUT2D eigenvalue weighted by molar-refractivity contribution is -0.155. The maximum atomic E-state index is 12.7. The van der Waals surface area contributed by atoms with Gasteiger partial charge >= 0.3 is 5.97 Å². The van der Waals surface area contributed by atoms with Gasteiger partial charge in [-0.15, -0.1) is 0 Å². The van der Waals surface area contributed by atoms with Gasteiger partial charge in [-0.25, -0.2) is 0 Å². The fourth-order valence-electron chi connectivity index (χ4n) is 3.59. The van der Waals surface area contributed by atoms with Gasteiger partial charge < -0.3 is 14.4 Å². The molecule has 2 aliphatic rings. The second-order valence-electron chi connectivity index (χ2n) is 8.61. The van der Waals surface area contributed by atoms with Crippen molar-refractivity contribution in [3.63, 3.8) is 0 Å². The first-order valence-corrected chi connectivity index (χ1v) is 10.3. The number of amides is 3. The normalized spacial score (nSPS) is 18.8. The van der Waals surface area contributed by atoms with E-state index in [1.807, 2.05) is 26.8 Å². The number of nitrogens with one attached hydrogen (secondary N) is 1. The molecule has 1 unspecified atom stereocenters. The number of unbranched alkanes of at least 4 members (excludes halogenated alkanes) is 1. The van der Waals surface area contributed by atoms with Gasteiger partial charge in [0.05, 0.1) is 6.61 Å². The molecule has 1 atom stereocenters. The van der Waals surface area contributed by atoms with Crippen molar-refractivity contribution >= 4 is 23.7 Å². The van der Waals surface area contributed by atoms with Crippen LogP contribution in [0, 0.1) is 0 Å². The maximum Gasteiger partial charge on any atom is 0.306 e. The van der Waals surface area contributed by atoms with E-state index >= 15 is 0 Å². The predicted molar refractivity (Wildman–Crippen MR) is 108 cm³/mol. The van der Waals surface area contributed by atoms with Crippen LogP contribution < -0.4 is 10.1 Å². The van der Waals surface area contributed by atoms with Crippen molar-refractivity contribution in [2.45, 2.75) is 71.1 Å². The van der Waals surface area contributed by atoms with Gasteiger partial charge in [-0.1, -0.05) is 0 Å². The number of benzene rings is 1. The van der Waals surface area contributed by atoms with Crippen LogP contribution in [0.25, 0.3) is 0 Å². The highest BCUT2D eigenvalue weighted by atomic mass is 16.6. The lowest BCUT2D eigenvalue weighted by Gasteiger charge is -2.29. The fraction of sp³-hybridized carbons (Fsp3) is 0.545. The summed E-state index contributed by atoms with van der Waals surface area (Å²) in [5.41, 5.74) is 0.880. The summed E-state index contributed by atoms with van der Waals surface area (Å²) in [7, 11) is 0. The Morgan fingerprint density at radius 2 is 1.97 bits per heavy atom. The number of hydrogen-bond donors (Lipinski definition) is 1. The van der Waals surface area contributed by atoms with Crippen LogP contribution in [0.2, 0.25) is 0 Å². The Balaban J connectivity index is 1.49. The molecule has 1 fully saturated rings. The minimum absolute atomic E-state index is 0.205. The van der Waals surface area contributed by atoms with Gasteiger partial charge in [-0.05, 0) is 63.8 Å². The van der Waals surface area contributed by atoms with Crippen molar-refractivity contribution < 1.29 is 28.7 Å². The van der Waals surface area contributed by atoms with Crippen molar-refractivity contribution in [1.29, 1.82) is 0 Å². The van der Waals surface area contributed by atoms with Crippen LogP contribution in [0.1, 0.15) is 68.8 Å². The summed E-state index contributed by atoms with van der Waals surface area (Å²) in [4.78, 5) is 49.3. The minimum Gasteiger partial charge on any atom is -0.494 e. The second-order valence-corrected chi connectivity index (χ2v) is 8.61. The Morgan fingerprint density at radius 1 is 1.20 bits per heavy atom. The average Bonchev–Trinajstić information content (AvgIpc) is 2.96. The quantitative estimate of drug-likeness (QED) is 0.416. The SMILES string of the molecule is CC(C)(C)OC(=O)CCCCOc1ccc2c(c1)CN(C1CCC(=O)NC1=O)C2=O. The Hall–Kier alpha value is -2.90. The van der Waals surface area contributed by atoms with E-state index in [1.54, 1.807) is 12.1 Å². The van der Waals surface area contributed by atoms with E-state index in [0.29, 0.717) is 50.1 Å². The summed E-state index contributed by atoms with van der Waals surface area (Å²) >= 11 is 0. The molecule has 3 amide bonds. The van der Waals surface area contributed by atoms with Crippen molar-refractivity contribution in [3.8, 4) is 5.75 Å². The molecule has 0 radical (unpaired) electrons. The zero-order valence-electron chi connectivity index (χ0n) is 17.7. The first-order chi connectivity index (χ1) is 14.1. The molecule has 30 heavy (non-hydrogen) atoms. The molecule has 0 saturated carbocycles. The van der Waals surface area contributed by atoms with E-state index in [2.05, 4.69) is 5.32 Å². The van der Waals surface area contributed by atoms with Gasteiger partial charge in [0, 0.05) is 24.9 Å². The highest BCUT2D eigenvalue weighted by molar-refractivity contribution is 6.05. The van der Waals surface area contributed by atoms with Gasteiger partial charge in [-0.3, -0.25) is 24.5 Å². The van der Waals surface area contributed by atoms with Crippen LogP contribution in [0.15, 0.2) is 18.2 Å². The minimum atomic E-state index is -0.625. The number of hydrogen-bond acceptors (Lipinski definition) is 6. The molecule has 1 saturated heterocycles. The zero-order chi connectivity index (χ0) is 21.9. The number of fused-ring (bicyclic) bond motifs is 1. The largest absolute Gasteiger partial charge is 0.494 e. The molecule has 0 aromatic heterocycles. The van der Waals surface area contributed by atoms with Crippen LogP contribution in [0.5, 0.6) is 5.75 Å². The summed E-state index contributed by atoms with van der Waals surface area (Å²) in [5, 5.41) is 2.30. The summed E-state index contributed by atoms with van der Waals surface area (Å²) in [6.45, 7) is 6.29. The lowest BCUT2D eigenvalue weighted by Crippen LogP contribution is -2.52. The number of piperidine rings is 1. The van der Waals surface area contributed by atoms with Crippen LogP contribution in [-0.4, -0.2) is 46.8 Å². The molecule has 1 aromatic rings. The van der Waals surface area contributed by atoms with Crippen molar-refractivity contribution in [2.24, 2.45) is 0 Å². The highest BCUT2D eigenvalue weighted by Gasteiger charge is 2.39. The molecule has 8 nitrogen and oxygen atoms in total. The molecule has 3 rings (SSSR count). The van der Waals surface area contributed by atoms with E-state index in [-0.39, 0.29) is 24.2 Å². The lowest BCUT2D eigenvalue weighted by atomic mass is 10.0. The molecule has 0 bridgehead atoms. The Kier molecular flexibility index (Phi) is 6.43. The van der Waals surface area contributed by atoms with Gasteiger partial charge in [0.2, 0.25) is 11.8 Å². The zero-order valence-corrected chi connectivity index (χ0v) is 17.7. The number of nitrogens with zero attached hydrogens (tertiary/aromatic N) is 1. The van der Waals surface area contributed by atoms with Gasteiger partial charge in [0.25, 0.3) is 5.91 Å². The second kappa shape index (κ2) is 8.85. The van der Waals surface area contributed by atoms with Crippen LogP contribution in [-0.2, 0) is 25.7 Å². The van der Waals surface area contributed by atoms with E-state index in [4.69, 9.17) is 9.47 Å². The average molecular weight is 416 g/mol. The molecule has 0 aliphatic carbocycles. The maximum absolute atomic E-state index is 12.7. The molecular weight excluding hydrogens is 388 g/mol. The van der Waals surface area contributed by atoms with Gasteiger partial charge in [-0.2, -0.15) is 0 Å². The number of imide groups is 1. The molecule has 1 N–H and O–H groups in total. The fourth-order valence-corrected chi connectivity index (χ4v) is 3.59. The molecular formula is C22H28N2O6. The van der Waals surface area contributed by atoms with Crippen molar-refractivity contribution in [2.75, 3.05) is 6.61 Å². The van der Waals surface area contributed by atoms with E-state index < -0.39 is 17.6 Å². The number of ether oxygens (including phenoxy) is 2. The van der Waals surface area contributed by atoms with Gasteiger partial charge in [0.15, 0.2) is 0 Å². The van der Waals surface area contributed by atoms with Crippen LogP contribution in [0.4, 0.5) is 0 Å². The number of esters is 1. The predicted octanol–water partition coefficient (Wildman–Crippen LogP) is 2.34. The van der Waals surface area contributed by atoms with Crippen LogP contribution in [0.3, 0.4) is 0 Å². The summed E-state index contributed by atoms with van der Waals surface area (Å²) in [5.74, 6) is -0.504. The van der Waals surface area contributed by atoms with Gasteiger partial charge in [0.1, 0.15) is 17.4 Å². The Labute approximate surface area is 175 Å². The van der Waals surface area contributed by atoms with Crippen molar-refractivity contribution in [3.05, 3.63) is 29.3 Å². The van der Waals surface area contributed by atoms with E-state index in [9.17, 15) is 19.2 Å². The summed E-state index contributed by atoms with van der Waals surface area (Å²) < 4.78 is 11.0. The molecule has 2 aliphatic heterocycles.